The van der Waals surface area contributed by atoms with Gasteiger partial charge in [-0.1, -0.05) is 45.1 Å². The van der Waals surface area contributed by atoms with Gasteiger partial charge in [0, 0.05) is 0 Å². The molecule has 0 saturated carbocycles. The van der Waals surface area contributed by atoms with Gasteiger partial charge in [-0.3, -0.25) is 9.59 Å². The zero-order valence-electron chi connectivity index (χ0n) is 15.0. The normalized spacial score (nSPS) is 11.7. The molecule has 0 heterocycles. The Morgan fingerprint density at radius 3 is 2.35 bits per heavy atom. The predicted octanol–water partition coefficient (Wildman–Crippen LogP) is 4.96. The zero-order chi connectivity index (χ0) is 17.3. The summed E-state index contributed by atoms with van der Waals surface area (Å²) in [5, 5.41) is 0. The Labute approximate surface area is 141 Å². The van der Waals surface area contributed by atoms with Crippen molar-refractivity contribution in [2.45, 2.75) is 90.6 Å². The third-order valence-electron chi connectivity index (χ3n) is 3.65. The maximum absolute atomic E-state index is 11.7. The summed E-state index contributed by atoms with van der Waals surface area (Å²) < 4.78 is 10.3. The first-order valence-corrected chi connectivity index (χ1v) is 9.06. The summed E-state index contributed by atoms with van der Waals surface area (Å²) in [5.41, 5.74) is 0. The van der Waals surface area contributed by atoms with E-state index in [1.165, 1.54) is 32.1 Å². The van der Waals surface area contributed by atoms with E-state index in [1.807, 2.05) is 6.92 Å². The van der Waals surface area contributed by atoms with Gasteiger partial charge < -0.3 is 9.47 Å². The highest BCUT2D eigenvalue weighted by Gasteiger charge is 2.12. The highest BCUT2D eigenvalue weighted by atomic mass is 16.5. The molecule has 0 saturated heterocycles. The van der Waals surface area contributed by atoms with Gasteiger partial charge in [0.25, 0.3) is 0 Å². The summed E-state index contributed by atoms with van der Waals surface area (Å²) in [7, 11) is 0. The maximum Gasteiger partial charge on any atom is 0.306 e. The van der Waals surface area contributed by atoms with Crippen molar-refractivity contribution < 1.29 is 19.1 Å². The molecule has 23 heavy (non-hydrogen) atoms. The van der Waals surface area contributed by atoms with Crippen LogP contribution >= 0.6 is 0 Å². The van der Waals surface area contributed by atoms with Crippen LogP contribution in [-0.4, -0.2) is 24.6 Å². The fourth-order valence-corrected chi connectivity index (χ4v) is 2.24. The molecule has 1 unspecified atom stereocenters. The first kappa shape index (κ1) is 21.7. The third-order valence-corrected chi connectivity index (χ3v) is 3.65. The van der Waals surface area contributed by atoms with Gasteiger partial charge in [-0.25, -0.2) is 0 Å². The van der Waals surface area contributed by atoms with E-state index in [0.717, 1.165) is 25.7 Å². The molecule has 0 aromatic carbocycles. The van der Waals surface area contributed by atoms with Crippen LogP contribution in [0.15, 0.2) is 12.7 Å². The van der Waals surface area contributed by atoms with E-state index in [-0.39, 0.29) is 30.9 Å². The summed E-state index contributed by atoms with van der Waals surface area (Å²) in [6.45, 7) is 8.11. The standard InChI is InChI=1S/C19H34O4/c1-4-6-8-9-10-11-13-17(3)23-19(21)15-14-18(20)22-16-12-7-5-2/h5,17H,2,4,6-16H2,1,3H3. The minimum Gasteiger partial charge on any atom is -0.466 e. The summed E-state index contributed by atoms with van der Waals surface area (Å²) in [6, 6.07) is 0. The van der Waals surface area contributed by atoms with Crippen LogP contribution in [-0.2, 0) is 19.1 Å². The van der Waals surface area contributed by atoms with E-state index in [4.69, 9.17) is 9.47 Å². The van der Waals surface area contributed by atoms with Crippen molar-refractivity contribution in [1.82, 2.24) is 0 Å². The fourth-order valence-electron chi connectivity index (χ4n) is 2.24. The molecule has 1 atom stereocenters. The Bertz CT molecular complexity index is 325. The molecule has 0 aliphatic heterocycles. The van der Waals surface area contributed by atoms with Crippen LogP contribution in [0.3, 0.4) is 0 Å². The van der Waals surface area contributed by atoms with E-state index in [2.05, 4.69) is 13.5 Å². The number of esters is 2. The molecule has 0 N–H and O–H groups in total. The van der Waals surface area contributed by atoms with E-state index >= 15 is 0 Å². The summed E-state index contributed by atoms with van der Waals surface area (Å²) in [6.07, 6.45) is 11.8. The Balaban J connectivity index is 3.56. The van der Waals surface area contributed by atoms with E-state index < -0.39 is 0 Å². The van der Waals surface area contributed by atoms with Crippen LogP contribution in [0.1, 0.15) is 84.5 Å². The number of hydrogen-bond donors (Lipinski definition) is 0. The van der Waals surface area contributed by atoms with E-state index in [1.54, 1.807) is 6.08 Å². The van der Waals surface area contributed by atoms with Gasteiger partial charge in [0.1, 0.15) is 0 Å². The molecule has 0 radical (unpaired) electrons. The van der Waals surface area contributed by atoms with Crippen LogP contribution in [0.5, 0.6) is 0 Å². The lowest BCUT2D eigenvalue weighted by Gasteiger charge is -2.13. The van der Waals surface area contributed by atoms with E-state index in [9.17, 15) is 9.59 Å². The summed E-state index contributed by atoms with van der Waals surface area (Å²) in [5.74, 6) is -0.652. The van der Waals surface area contributed by atoms with E-state index in [0.29, 0.717) is 6.61 Å². The van der Waals surface area contributed by atoms with Gasteiger partial charge >= 0.3 is 11.9 Å². The largest absolute Gasteiger partial charge is 0.466 e. The van der Waals surface area contributed by atoms with Gasteiger partial charge in [-0.2, -0.15) is 0 Å². The molecule has 0 aliphatic rings. The lowest BCUT2D eigenvalue weighted by atomic mass is 10.1. The van der Waals surface area contributed by atoms with Crippen molar-refractivity contribution in [3.8, 4) is 0 Å². The second-order valence-electron chi connectivity index (χ2n) is 6.01. The van der Waals surface area contributed by atoms with Gasteiger partial charge in [0.15, 0.2) is 0 Å². The topological polar surface area (TPSA) is 52.6 Å². The van der Waals surface area contributed by atoms with Crippen molar-refractivity contribution in [2.24, 2.45) is 0 Å². The van der Waals surface area contributed by atoms with Crippen LogP contribution in [0, 0.1) is 0 Å². The Morgan fingerprint density at radius 2 is 1.65 bits per heavy atom. The fraction of sp³-hybridized carbons (Fsp3) is 0.789. The lowest BCUT2D eigenvalue weighted by molar-refractivity contribution is -0.153. The summed E-state index contributed by atoms with van der Waals surface area (Å²) >= 11 is 0. The first-order valence-electron chi connectivity index (χ1n) is 9.06. The number of hydrogen-bond acceptors (Lipinski definition) is 4. The molecule has 0 bridgehead atoms. The Morgan fingerprint density at radius 1 is 1.00 bits per heavy atom. The first-order chi connectivity index (χ1) is 11.1. The molecule has 0 rings (SSSR count). The molecule has 0 aromatic heterocycles. The number of carbonyl (C=O) groups is 2. The molecule has 0 amide bonds. The predicted molar refractivity (Wildman–Crippen MR) is 93.2 cm³/mol. The lowest BCUT2D eigenvalue weighted by Crippen LogP contribution is -2.16. The number of allylic oxidation sites excluding steroid dienone is 1. The molecule has 0 aromatic rings. The number of unbranched alkanes of at least 4 members (excludes halogenated alkanes) is 6. The average Bonchev–Trinajstić information content (AvgIpc) is 2.53. The molecule has 0 spiro atoms. The molecule has 0 fully saturated rings. The van der Waals surface area contributed by atoms with Gasteiger partial charge in [0.2, 0.25) is 0 Å². The molecule has 4 nitrogen and oxygen atoms in total. The minimum atomic E-state index is -0.338. The maximum atomic E-state index is 11.7. The number of ether oxygens (including phenoxy) is 2. The molecular weight excluding hydrogens is 292 g/mol. The van der Waals surface area contributed by atoms with Gasteiger partial charge in [0.05, 0.1) is 25.6 Å². The van der Waals surface area contributed by atoms with Crippen molar-refractivity contribution in [3.05, 3.63) is 12.7 Å². The second kappa shape index (κ2) is 15.6. The van der Waals surface area contributed by atoms with Crippen molar-refractivity contribution >= 4 is 11.9 Å². The quantitative estimate of drug-likeness (QED) is 0.242. The van der Waals surface area contributed by atoms with Crippen LogP contribution in [0.2, 0.25) is 0 Å². The zero-order valence-corrected chi connectivity index (χ0v) is 15.0. The average molecular weight is 326 g/mol. The highest BCUT2D eigenvalue weighted by molar-refractivity contribution is 5.77. The Hall–Kier alpha value is -1.32. The molecule has 4 heteroatoms. The monoisotopic (exact) mass is 326 g/mol. The van der Waals surface area contributed by atoms with Crippen LogP contribution in [0.25, 0.3) is 0 Å². The number of carbonyl (C=O) groups excluding carboxylic acids is 2. The Kier molecular flexibility index (Phi) is 14.7. The molecular formula is C19H34O4. The van der Waals surface area contributed by atoms with Crippen molar-refractivity contribution in [3.63, 3.8) is 0 Å². The van der Waals surface area contributed by atoms with Gasteiger partial charge in [-0.15, -0.1) is 6.58 Å². The van der Waals surface area contributed by atoms with Gasteiger partial charge in [-0.05, 0) is 32.6 Å². The van der Waals surface area contributed by atoms with Crippen molar-refractivity contribution in [1.29, 1.82) is 0 Å². The van der Waals surface area contributed by atoms with Crippen molar-refractivity contribution in [2.75, 3.05) is 6.61 Å². The smallest absolute Gasteiger partial charge is 0.306 e. The van der Waals surface area contributed by atoms with Crippen LogP contribution in [0.4, 0.5) is 0 Å². The minimum absolute atomic E-state index is 0.0720. The number of rotatable bonds is 15. The molecule has 134 valence electrons. The van der Waals surface area contributed by atoms with Crippen LogP contribution < -0.4 is 0 Å². The summed E-state index contributed by atoms with van der Waals surface area (Å²) in [4.78, 5) is 23.1. The third kappa shape index (κ3) is 15.4. The second-order valence-corrected chi connectivity index (χ2v) is 6.01. The highest BCUT2D eigenvalue weighted by Crippen LogP contribution is 2.11. The SMILES string of the molecule is C=CCCCOC(=O)CCC(=O)OC(C)CCCCCCCC. The molecule has 0 aliphatic carbocycles.